The van der Waals surface area contributed by atoms with Crippen LogP contribution in [0.15, 0.2) is 77.2 Å². The van der Waals surface area contributed by atoms with E-state index in [0.717, 1.165) is 16.5 Å². The van der Waals surface area contributed by atoms with Crippen molar-refractivity contribution in [3.8, 4) is 23.2 Å². The second kappa shape index (κ2) is 7.95. The summed E-state index contributed by atoms with van der Waals surface area (Å²) in [7, 11) is 0. The Morgan fingerprint density at radius 1 is 0.871 bits per heavy atom. The van der Waals surface area contributed by atoms with Crippen molar-refractivity contribution in [2.24, 2.45) is 0 Å². The van der Waals surface area contributed by atoms with E-state index < -0.39 is 0 Å². The van der Waals surface area contributed by atoms with Crippen molar-refractivity contribution in [1.29, 1.82) is 0 Å². The predicted molar refractivity (Wildman–Crippen MR) is 117 cm³/mol. The fourth-order valence-corrected chi connectivity index (χ4v) is 3.34. The molecule has 5 aromatic rings. The Kier molecular flexibility index (Phi) is 4.84. The van der Waals surface area contributed by atoms with Crippen LogP contribution >= 0.6 is 0 Å². The molecular formula is C24H18FN5O. The lowest BCUT2D eigenvalue weighted by Gasteiger charge is -2.10. The van der Waals surface area contributed by atoms with Gasteiger partial charge in [0.1, 0.15) is 11.6 Å². The number of benzene rings is 3. The van der Waals surface area contributed by atoms with E-state index in [9.17, 15) is 4.39 Å². The number of aryl methyl sites for hydroxylation is 1. The van der Waals surface area contributed by atoms with Gasteiger partial charge in [0.2, 0.25) is 11.7 Å². The van der Waals surface area contributed by atoms with Gasteiger partial charge in [0.25, 0.3) is 5.89 Å². The highest BCUT2D eigenvalue weighted by atomic mass is 19.1. The summed E-state index contributed by atoms with van der Waals surface area (Å²) >= 11 is 0. The van der Waals surface area contributed by atoms with Crippen LogP contribution in [-0.2, 0) is 6.54 Å². The molecule has 0 saturated heterocycles. The van der Waals surface area contributed by atoms with E-state index in [1.54, 1.807) is 12.1 Å². The Morgan fingerprint density at radius 2 is 1.68 bits per heavy atom. The molecule has 5 rings (SSSR count). The van der Waals surface area contributed by atoms with E-state index in [-0.39, 0.29) is 17.6 Å². The molecule has 0 saturated carbocycles. The average Bonchev–Trinajstić information content (AvgIpc) is 3.28. The minimum atomic E-state index is -0.328. The van der Waals surface area contributed by atoms with Crippen molar-refractivity contribution in [3.63, 3.8) is 0 Å². The zero-order chi connectivity index (χ0) is 21.2. The van der Waals surface area contributed by atoms with Crippen LogP contribution in [0, 0.1) is 12.7 Å². The Hall–Kier alpha value is -4.13. The Bertz CT molecular complexity index is 1360. The summed E-state index contributed by atoms with van der Waals surface area (Å²) in [5, 5.41) is 12.5. The molecule has 0 unspecified atom stereocenters. The van der Waals surface area contributed by atoms with Gasteiger partial charge in [-0.25, -0.2) is 14.4 Å². The molecule has 0 atom stereocenters. The van der Waals surface area contributed by atoms with Crippen molar-refractivity contribution < 1.29 is 8.81 Å². The first-order chi connectivity index (χ1) is 15.2. The normalized spacial score (nSPS) is 11.0. The van der Waals surface area contributed by atoms with E-state index in [2.05, 4.69) is 50.6 Å². The highest BCUT2D eigenvalue weighted by Gasteiger charge is 2.16. The van der Waals surface area contributed by atoms with Gasteiger partial charge in [0, 0.05) is 17.5 Å². The molecule has 0 aliphatic carbocycles. The van der Waals surface area contributed by atoms with Crippen LogP contribution in [0.4, 0.5) is 10.2 Å². The first-order valence-corrected chi connectivity index (χ1v) is 9.82. The van der Waals surface area contributed by atoms with Crippen LogP contribution in [-0.4, -0.2) is 20.2 Å². The minimum absolute atomic E-state index is 0.198. The lowest BCUT2D eigenvalue weighted by molar-refractivity contribution is 0.579. The highest BCUT2D eigenvalue weighted by Crippen LogP contribution is 2.27. The fourth-order valence-electron chi connectivity index (χ4n) is 3.34. The van der Waals surface area contributed by atoms with Crippen molar-refractivity contribution in [3.05, 3.63) is 89.7 Å². The molecule has 31 heavy (non-hydrogen) atoms. The molecule has 0 bridgehead atoms. The number of anilines is 1. The third-order valence-corrected chi connectivity index (χ3v) is 4.85. The van der Waals surface area contributed by atoms with Crippen LogP contribution in [0.2, 0.25) is 0 Å². The van der Waals surface area contributed by atoms with Crippen molar-refractivity contribution in [2.75, 3.05) is 5.32 Å². The Morgan fingerprint density at radius 3 is 2.52 bits per heavy atom. The van der Waals surface area contributed by atoms with Gasteiger partial charge >= 0.3 is 0 Å². The fraction of sp³-hybridized carbons (Fsp3) is 0.0833. The first-order valence-electron chi connectivity index (χ1n) is 9.82. The largest absolute Gasteiger partial charge is 0.413 e. The summed E-state index contributed by atoms with van der Waals surface area (Å²) in [4.78, 5) is 9.24. The van der Waals surface area contributed by atoms with Gasteiger partial charge in [-0.05, 0) is 48.9 Å². The van der Waals surface area contributed by atoms with Gasteiger partial charge in [0.05, 0.1) is 5.52 Å². The molecule has 1 N–H and O–H groups in total. The van der Waals surface area contributed by atoms with Crippen LogP contribution in [0.5, 0.6) is 0 Å². The van der Waals surface area contributed by atoms with Crippen molar-refractivity contribution in [1.82, 2.24) is 20.2 Å². The SMILES string of the molecule is Cc1cccc(CNc2nc(-c3nnc(-c4ccc(F)cc4)o3)nc3ccccc23)c1. The summed E-state index contributed by atoms with van der Waals surface area (Å²) in [5.74, 6) is 1.16. The molecule has 2 aromatic heterocycles. The van der Waals surface area contributed by atoms with Gasteiger partial charge in [-0.2, -0.15) is 0 Å². The zero-order valence-corrected chi connectivity index (χ0v) is 16.7. The Labute approximate surface area is 177 Å². The maximum atomic E-state index is 13.2. The van der Waals surface area contributed by atoms with E-state index in [1.165, 1.54) is 17.7 Å². The van der Waals surface area contributed by atoms with Crippen LogP contribution in [0.1, 0.15) is 11.1 Å². The molecule has 0 radical (unpaired) electrons. The molecule has 152 valence electrons. The van der Waals surface area contributed by atoms with Gasteiger partial charge in [-0.15, -0.1) is 10.2 Å². The topological polar surface area (TPSA) is 76.7 Å². The second-order valence-electron chi connectivity index (χ2n) is 7.17. The first kappa shape index (κ1) is 18.9. The predicted octanol–water partition coefficient (Wildman–Crippen LogP) is 5.41. The molecule has 0 fully saturated rings. The molecule has 0 aliphatic rings. The van der Waals surface area contributed by atoms with Gasteiger partial charge < -0.3 is 9.73 Å². The van der Waals surface area contributed by atoms with Crippen molar-refractivity contribution in [2.45, 2.75) is 13.5 Å². The molecule has 0 aliphatic heterocycles. The summed E-state index contributed by atoms with van der Waals surface area (Å²) in [6.45, 7) is 2.68. The number of nitrogens with zero attached hydrogens (tertiary/aromatic N) is 4. The van der Waals surface area contributed by atoms with E-state index in [1.807, 2.05) is 30.3 Å². The summed E-state index contributed by atoms with van der Waals surface area (Å²) in [5.41, 5.74) is 3.74. The summed E-state index contributed by atoms with van der Waals surface area (Å²) < 4.78 is 19.0. The lowest BCUT2D eigenvalue weighted by atomic mass is 10.1. The number of hydrogen-bond acceptors (Lipinski definition) is 6. The number of rotatable bonds is 5. The third-order valence-electron chi connectivity index (χ3n) is 4.85. The van der Waals surface area contributed by atoms with Crippen LogP contribution in [0.3, 0.4) is 0 Å². The number of aromatic nitrogens is 4. The van der Waals surface area contributed by atoms with Crippen LogP contribution in [0.25, 0.3) is 34.1 Å². The minimum Gasteiger partial charge on any atom is -0.413 e. The smallest absolute Gasteiger partial charge is 0.286 e. The highest BCUT2D eigenvalue weighted by molar-refractivity contribution is 5.90. The lowest BCUT2D eigenvalue weighted by Crippen LogP contribution is -2.04. The quantitative estimate of drug-likeness (QED) is 0.417. The van der Waals surface area contributed by atoms with E-state index in [4.69, 9.17) is 4.42 Å². The number of halogens is 1. The average molecular weight is 411 g/mol. The maximum Gasteiger partial charge on any atom is 0.286 e. The number of hydrogen-bond donors (Lipinski definition) is 1. The van der Waals surface area contributed by atoms with E-state index in [0.29, 0.717) is 23.8 Å². The molecular weight excluding hydrogens is 393 g/mol. The van der Waals surface area contributed by atoms with Crippen LogP contribution < -0.4 is 5.32 Å². The number of para-hydroxylation sites is 1. The second-order valence-corrected chi connectivity index (χ2v) is 7.17. The molecule has 7 heteroatoms. The summed E-state index contributed by atoms with van der Waals surface area (Å²) in [6.07, 6.45) is 0. The van der Waals surface area contributed by atoms with Gasteiger partial charge in [0.15, 0.2) is 0 Å². The molecule has 3 aromatic carbocycles. The molecule has 0 amide bonds. The Balaban J connectivity index is 1.50. The number of nitrogens with one attached hydrogen (secondary N) is 1. The zero-order valence-electron chi connectivity index (χ0n) is 16.7. The monoisotopic (exact) mass is 411 g/mol. The van der Waals surface area contributed by atoms with E-state index >= 15 is 0 Å². The molecule has 2 heterocycles. The third kappa shape index (κ3) is 3.98. The molecule has 0 spiro atoms. The van der Waals surface area contributed by atoms with Gasteiger partial charge in [-0.3, -0.25) is 0 Å². The van der Waals surface area contributed by atoms with Gasteiger partial charge in [-0.1, -0.05) is 42.0 Å². The summed E-state index contributed by atoms with van der Waals surface area (Å²) in [6, 6.07) is 21.9. The molecule has 6 nitrogen and oxygen atoms in total. The van der Waals surface area contributed by atoms with Crippen molar-refractivity contribution >= 4 is 16.7 Å². The maximum absolute atomic E-state index is 13.2. The number of fused-ring (bicyclic) bond motifs is 1. The standard InChI is InChI=1S/C24H18FN5O/c1-15-5-4-6-16(13-15)14-26-21-19-7-2-3-8-20(19)27-22(28-21)24-30-29-23(31-24)17-9-11-18(25)12-10-17/h2-13H,14H2,1H3,(H,26,27,28).